The molecule has 0 atom stereocenters. The highest BCUT2D eigenvalue weighted by molar-refractivity contribution is 6.14. The fourth-order valence-corrected chi connectivity index (χ4v) is 10.4. The molecule has 4 nitrogen and oxygen atoms in total. The number of ketones is 1. The molecule has 0 amide bonds. The van der Waals surface area contributed by atoms with Crippen LogP contribution in [0.4, 0.5) is 34.1 Å². The molecule has 0 radical (unpaired) electrons. The summed E-state index contributed by atoms with van der Waals surface area (Å²) >= 11 is 0. The van der Waals surface area contributed by atoms with Crippen molar-refractivity contribution in [3.63, 3.8) is 0 Å². The van der Waals surface area contributed by atoms with Crippen LogP contribution >= 0.6 is 0 Å². The number of anilines is 6. The van der Waals surface area contributed by atoms with Crippen LogP contribution in [0.1, 0.15) is 78.7 Å². The summed E-state index contributed by atoms with van der Waals surface area (Å²) in [6.07, 6.45) is 1.84. The first-order valence-electron chi connectivity index (χ1n) is 20.8. The molecule has 0 spiro atoms. The molecular formula is C55H44N2O2. The van der Waals surface area contributed by atoms with Gasteiger partial charge in [0.1, 0.15) is 0 Å². The summed E-state index contributed by atoms with van der Waals surface area (Å²) in [6, 6.07) is 60.4. The summed E-state index contributed by atoms with van der Waals surface area (Å²) in [7, 11) is 0. The first-order chi connectivity index (χ1) is 28.8. The van der Waals surface area contributed by atoms with Crippen molar-refractivity contribution in [1.29, 1.82) is 0 Å². The molecule has 2 heterocycles. The molecule has 11 rings (SSSR count). The molecule has 0 saturated carbocycles. The molecule has 4 heteroatoms. The van der Waals surface area contributed by atoms with E-state index in [0.29, 0.717) is 0 Å². The molecular weight excluding hydrogens is 721 g/mol. The van der Waals surface area contributed by atoms with Gasteiger partial charge in [0, 0.05) is 33.7 Å². The second kappa shape index (κ2) is 13.1. The zero-order valence-electron chi connectivity index (χ0n) is 33.8. The average Bonchev–Trinajstić information content (AvgIpc) is 3.28. The zero-order valence-corrected chi connectivity index (χ0v) is 33.8. The van der Waals surface area contributed by atoms with Crippen LogP contribution in [0, 0.1) is 0 Å². The zero-order chi connectivity index (χ0) is 40.0. The molecule has 59 heavy (non-hydrogen) atoms. The molecule has 1 aliphatic carbocycles. The number of hydrogen-bond donors (Lipinski definition) is 0. The van der Waals surface area contributed by atoms with Crippen LogP contribution in [0.15, 0.2) is 170 Å². The Morgan fingerprint density at radius 2 is 0.983 bits per heavy atom. The number of rotatable bonds is 5. The number of nitrogens with zero attached hydrogens (tertiary/aromatic N) is 2. The number of hydrogen-bond acceptors (Lipinski definition) is 4. The van der Waals surface area contributed by atoms with Gasteiger partial charge in [-0.15, -0.1) is 0 Å². The monoisotopic (exact) mass is 764 g/mol. The van der Waals surface area contributed by atoms with E-state index >= 15 is 0 Å². The summed E-state index contributed by atoms with van der Waals surface area (Å²) in [5, 5.41) is 2.37. The Hall–Kier alpha value is -6.91. The minimum Gasteiger partial charge on any atom is -0.453 e. The van der Waals surface area contributed by atoms with Crippen LogP contribution in [-0.2, 0) is 10.8 Å². The normalized spacial score (nSPS) is 15.3. The smallest absolute Gasteiger partial charge is 0.193 e. The van der Waals surface area contributed by atoms with Gasteiger partial charge in [0.05, 0.1) is 28.4 Å². The highest BCUT2D eigenvalue weighted by Gasteiger charge is 2.41. The van der Waals surface area contributed by atoms with Crippen molar-refractivity contribution < 1.29 is 9.53 Å². The Morgan fingerprint density at radius 1 is 0.458 bits per heavy atom. The Bertz CT molecular complexity index is 2980. The number of para-hydroxylation sites is 2. The predicted molar refractivity (Wildman–Crippen MR) is 242 cm³/mol. The van der Waals surface area contributed by atoms with Crippen LogP contribution in [0.25, 0.3) is 21.9 Å². The molecule has 286 valence electrons. The highest BCUT2D eigenvalue weighted by atomic mass is 16.5. The number of carbonyl (C=O) groups excluding carboxylic acids is 1. The van der Waals surface area contributed by atoms with Gasteiger partial charge in [-0.05, 0) is 112 Å². The van der Waals surface area contributed by atoms with Crippen LogP contribution < -0.4 is 14.5 Å². The molecule has 0 unspecified atom stereocenters. The van der Waals surface area contributed by atoms with Crippen LogP contribution in [0.2, 0.25) is 0 Å². The first kappa shape index (κ1) is 35.3. The number of fused-ring (bicyclic) bond motifs is 7. The summed E-state index contributed by atoms with van der Waals surface area (Å²) in [5.41, 5.74) is 14.4. The van der Waals surface area contributed by atoms with Gasteiger partial charge >= 0.3 is 0 Å². The van der Waals surface area contributed by atoms with E-state index in [0.717, 1.165) is 80.5 Å². The summed E-state index contributed by atoms with van der Waals surface area (Å²) in [4.78, 5) is 18.9. The van der Waals surface area contributed by atoms with Crippen molar-refractivity contribution in [2.24, 2.45) is 0 Å². The maximum Gasteiger partial charge on any atom is 0.193 e. The largest absolute Gasteiger partial charge is 0.453 e. The van der Waals surface area contributed by atoms with E-state index in [-0.39, 0.29) is 16.6 Å². The lowest BCUT2D eigenvalue weighted by atomic mass is 9.63. The van der Waals surface area contributed by atoms with Gasteiger partial charge in [-0.3, -0.25) is 4.79 Å². The van der Waals surface area contributed by atoms with E-state index in [1.165, 1.54) is 33.3 Å². The highest BCUT2D eigenvalue weighted by Crippen LogP contribution is 2.56. The molecule has 3 aliphatic rings. The van der Waals surface area contributed by atoms with Gasteiger partial charge in [0.25, 0.3) is 0 Å². The quantitative estimate of drug-likeness (QED) is 0.175. The fourth-order valence-electron chi connectivity index (χ4n) is 10.4. The van der Waals surface area contributed by atoms with E-state index in [1.54, 1.807) is 0 Å². The minimum absolute atomic E-state index is 0.0948. The van der Waals surface area contributed by atoms with E-state index < -0.39 is 0 Å². The third-order valence-corrected chi connectivity index (χ3v) is 13.5. The molecule has 0 saturated heterocycles. The molecule has 8 aromatic rings. The first-order valence-corrected chi connectivity index (χ1v) is 20.8. The SMILES string of the molecule is CCC1(CC)c2ccccc2C(=O)c2cc(-c3ccc4c(c3)Oc3cc(N5c6ccccc6C(C)(C)c6ccccc65)ccc3N4c3ccc4ccccc4c3)ccc21. The fraction of sp³-hybridized carbons (Fsp3) is 0.145. The van der Waals surface area contributed by atoms with Crippen molar-refractivity contribution in [1.82, 2.24) is 0 Å². The lowest BCUT2D eigenvalue weighted by Crippen LogP contribution is -2.34. The van der Waals surface area contributed by atoms with Gasteiger partial charge in [0.2, 0.25) is 0 Å². The lowest BCUT2D eigenvalue weighted by Gasteiger charge is -2.42. The van der Waals surface area contributed by atoms with Gasteiger partial charge < -0.3 is 14.5 Å². The molecule has 0 aromatic heterocycles. The van der Waals surface area contributed by atoms with Crippen molar-refractivity contribution >= 4 is 50.7 Å². The molecule has 8 aromatic carbocycles. The summed E-state index contributed by atoms with van der Waals surface area (Å²) in [6.45, 7) is 9.11. The number of benzene rings is 8. The maximum absolute atomic E-state index is 14.2. The van der Waals surface area contributed by atoms with E-state index in [1.807, 2.05) is 12.1 Å². The lowest BCUT2D eigenvalue weighted by molar-refractivity contribution is 0.102. The van der Waals surface area contributed by atoms with E-state index in [2.05, 4.69) is 195 Å². The second-order valence-electron chi connectivity index (χ2n) is 16.7. The molecule has 2 aliphatic heterocycles. The average molecular weight is 765 g/mol. The predicted octanol–water partition coefficient (Wildman–Crippen LogP) is 14.8. The van der Waals surface area contributed by atoms with Crippen molar-refractivity contribution in [2.45, 2.75) is 51.4 Å². The molecule has 0 fully saturated rings. The molecule has 0 bridgehead atoms. The van der Waals surface area contributed by atoms with Gasteiger partial charge in [-0.2, -0.15) is 0 Å². The molecule has 0 N–H and O–H groups in total. The topological polar surface area (TPSA) is 32.8 Å². The van der Waals surface area contributed by atoms with Gasteiger partial charge in [0.15, 0.2) is 17.3 Å². The Labute approximate surface area is 346 Å². The van der Waals surface area contributed by atoms with Crippen LogP contribution in [0.3, 0.4) is 0 Å². The van der Waals surface area contributed by atoms with Crippen molar-refractivity contribution in [3.8, 4) is 22.6 Å². The Balaban J connectivity index is 1.06. The maximum atomic E-state index is 14.2. The Morgan fingerprint density at radius 3 is 1.71 bits per heavy atom. The third kappa shape index (κ3) is 5.12. The van der Waals surface area contributed by atoms with E-state index in [9.17, 15) is 4.79 Å². The third-order valence-electron chi connectivity index (χ3n) is 13.5. The number of ether oxygens (including phenoxy) is 1. The van der Waals surface area contributed by atoms with E-state index in [4.69, 9.17) is 4.74 Å². The van der Waals surface area contributed by atoms with Crippen molar-refractivity contribution in [3.05, 3.63) is 203 Å². The number of carbonyl (C=O) groups is 1. The summed E-state index contributed by atoms with van der Waals surface area (Å²) < 4.78 is 7.04. The Kier molecular flexibility index (Phi) is 7.80. The minimum atomic E-state index is -0.204. The summed E-state index contributed by atoms with van der Waals surface area (Å²) in [5.74, 6) is 1.62. The van der Waals surface area contributed by atoms with Crippen LogP contribution in [-0.4, -0.2) is 5.78 Å². The van der Waals surface area contributed by atoms with Gasteiger partial charge in [-0.25, -0.2) is 0 Å². The standard InChI is InChI=1S/C55H44N2O2/c1-5-55(6-2)43-18-10-9-17-41(43)53(58)42-32-37(24-28-44(42)55)38-25-29-49-51(33-38)59-52-34-40(27-30-50(52)57(49)39-26-23-35-15-7-8-16-36(35)31-39)56-47-21-13-11-19-45(47)54(3,4)46-20-12-14-22-48(46)56/h7-34H,5-6H2,1-4H3. The van der Waals surface area contributed by atoms with Crippen molar-refractivity contribution in [2.75, 3.05) is 9.80 Å². The second-order valence-corrected chi connectivity index (χ2v) is 16.7. The van der Waals surface area contributed by atoms with Gasteiger partial charge in [-0.1, -0.05) is 137 Å². The van der Waals surface area contributed by atoms with Crippen LogP contribution in [0.5, 0.6) is 11.5 Å².